The molecule has 2 N–H and O–H groups in total. The Hall–Kier alpha value is -2.24. The maximum atomic E-state index is 13.5. The first-order valence-corrected chi connectivity index (χ1v) is 5.78. The first-order valence-electron chi connectivity index (χ1n) is 5.78. The number of phenols is 1. The largest absolute Gasteiger partial charge is 0.507 e. The minimum atomic E-state index is -1.58. The van der Waals surface area contributed by atoms with Gasteiger partial charge in [-0.2, -0.15) is 0 Å². The molecule has 0 heterocycles. The molecule has 1 atom stereocenters. The molecule has 0 aliphatic carbocycles. The molecule has 0 amide bonds. The van der Waals surface area contributed by atoms with Gasteiger partial charge in [-0.05, 0) is 25.1 Å². The van der Waals surface area contributed by atoms with Crippen LogP contribution in [-0.4, -0.2) is 5.11 Å². The number of anilines is 1. The van der Waals surface area contributed by atoms with Gasteiger partial charge in [0.25, 0.3) is 0 Å². The van der Waals surface area contributed by atoms with Crippen molar-refractivity contribution in [2.75, 3.05) is 5.32 Å². The second kappa shape index (κ2) is 5.40. The van der Waals surface area contributed by atoms with Crippen LogP contribution in [-0.2, 0) is 0 Å². The van der Waals surface area contributed by atoms with Crippen LogP contribution in [0.1, 0.15) is 18.5 Å². The molecular formula is C14H11F4NO. The summed E-state index contributed by atoms with van der Waals surface area (Å²) in [7, 11) is 0. The van der Waals surface area contributed by atoms with Gasteiger partial charge in [0.05, 0.1) is 11.7 Å². The van der Waals surface area contributed by atoms with E-state index in [2.05, 4.69) is 5.32 Å². The third kappa shape index (κ3) is 2.68. The maximum Gasteiger partial charge on any atom is 0.196 e. The fourth-order valence-electron chi connectivity index (χ4n) is 1.83. The summed E-state index contributed by atoms with van der Waals surface area (Å²) >= 11 is 0. The Morgan fingerprint density at radius 3 is 2.35 bits per heavy atom. The number of benzene rings is 2. The maximum absolute atomic E-state index is 13.5. The van der Waals surface area contributed by atoms with Gasteiger partial charge < -0.3 is 10.4 Å². The minimum absolute atomic E-state index is 0.250. The van der Waals surface area contributed by atoms with E-state index in [1.165, 1.54) is 6.07 Å². The fraction of sp³-hybridized carbons (Fsp3) is 0.143. The molecule has 0 saturated carbocycles. The Morgan fingerprint density at radius 1 is 1.00 bits per heavy atom. The van der Waals surface area contributed by atoms with Gasteiger partial charge in [0.2, 0.25) is 0 Å². The van der Waals surface area contributed by atoms with Gasteiger partial charge in [0, 0.05) is 11.6 Å². The number of rotatable bonds is 3. The van der Waals surface area contributed by atoms with Gasteiger partial charge in [-0.3, -0.25) is 0 Å². The van der Waals surface area contributed by atoms with Crippen LogP contribution >= 0.6 is 0 Å². The summed E-state index contributed by atoms with van der Waals surface area (Å²) in [4.78, 5) is 0. The molecule has 0 radical (unpaired) electrons. The van der Waals surface area contributed by atoms with E-state index in [4.69, 9.17) is 0 Å². The number of hydrogen-bond donors (Lipinski definition) is 2. The third-order valence-electron chi connectivity index (χ3n) is 2.87. The van der Waals surface area contributed by atoms with Crippen molar-refractivity contribution >= 4 is 5.69 Å². The van der Waals surface area contributed by atoms with Gasteiger partial charge in [-0.1, -0.05) is 6.07 Å². The van der Waals surface area contributed by atoms with Crippen molar-refractivity contribution in [2.24, 2.45) is 0 Å². The molecule has 2 nitrogen and oxygen atoms in total. The fourth-order valence-corrected chi connectivity index (χ4v) is 1.83. The number of phenolic OH excluding ortho intramolecular Hbond substituents is 1. The molecule has 2 aromatic carbocycles. The monoisotopic (exact) mass is 285 g/mol. The zero-order valence-corrected chi connectivity index (χ0v) is 10.4. The number of nitrogens with one attached hydrogen (secondary N) is 1. The molecule has 20 heavy (non-hydrogen) atoms. The highest BCUT2D eigenvalue weighted by Crippen LogP contribution is 2.29. The van der Waals surface area contributed by atoms with E-state index in [0.717, 1.165) is 24.3 Å². The predicted molar refractivity (Wildman–Crippen MR) is 66.4 cm³/mol. The van der Waals surface area contributed by atoms with Crippen molar-refractivity contribution in [2.45, 2.75) is 13.0 Å². The van der Waals surface area contributed by atoms with Gasteiger partial charge in [0.1, 0.15) is 11.6 Å². The minimum Gasteiger partial charge on any atom is -0.507 e. The van der Waals surface area contributed by atoms with Crippen molar-refractivity contribution in [3.63, 3.8) is 0 Å². The standard InChI is InChI=1S/C14H11F4NO/c1-7(9-3-2-8(15)6-12(9)20)19-11-5-4-10(16)13(17)14(11)18/h2-7,19-20H,1H3. The molecule has 2 aromatic rings. The zero-order chi connectivity index (χ0) is 14.9. The molecule has 0 aromatic heterocycles. The molecule has 0 bridgehead atoms. The predicted octanol–water partition coefficient (Wildman–Crippen LogP) is 4.12. The zero-order valence-electron chi connectivity index (χ0n) is 10.4. The number of halogens is 4. The molecule has 0 fully saturated rings. The molecule has 1 unspecified atom stereocenters. The van der Waals surface area contributed by atoms with Gasteiger partial charge >= 0.3 is 0 Å². The Labute approximate surface area is 112 Å². The van der Waals surface area contributed by atoms with E-state index in [1.807, 2.05) is 0 Å². The summed E-state index contributed by atoms with van der Waals surface area (Å²) in [5.74, 6) is -5.14. The highest BCUT2D eigenvalue weighted by Gasteiger charge is 2.17. The lowest BCUT2D eigenvalue weighted by atomic mass is 10.1. The summed E-state index contributed by atoms with van der Waals surface area (Å²) in [5, 5.41) is 12.2. The van der Waals surface area contributed by atoms with Crippen LogP contribution in [0.3, 0.4) is 0 Å². The molecule has 6 heteroatoms. The van der Waals surface area contributed by atoms with Crippen molar-refractivity contribution in [3.05, 3.63) is 59.2 Å². The summed E-state index contributed by atoms with van der Waals surface area (Å²) in [6.45, 7) is 1.56. The van der Waals surface area contributed by atoms with Crippen LogP contribution in [0, 0.1) is 23.3 Å². The highest BCUT2D eigenvalue weighted by atomic mass is 19.2. The van der Waals surface area contributed by atoms with Crippen molar-refractivity contribution in [1.82, 2.24) is 0 Å². The topological polar surface area (TPSA) is 32.3 Å². The Kier molecular flexibility index (Phi) is 3.83. The Bertz CT molecular complexity index is 645. The van der Waals surface area contributed by atoms with E-state index in [9.17, 15) is 22.7 Å². The second-order valence-corrected chi connectivity index (χ2v) is 4.29. The van der Waals surface area contributed by atoms with Crippen LogP contribution in [0.25, 0.3) is 0 Å². The Balaban J connectivity index is 2.28. The van der Waals surface area contributed by atoms with Crippen molar-refractivity contribution < 1.29 is 22.7 Å². The third-order valence-corrected chi connectivity index (χ3v) is 2.87. The van der Waals surface area contributed by atoms with Crippen molar-refractivity contribution in [3.8, 4) is 5.75 Å². The van der Waals surface area contributed by atoms with E-state index in [0.29, 0.717) is 5.56 Å². The molecule has 0 spiro atoms. The molecule has 2 rings (SSSR count). The molecule has 0 aliphatic rings. The van der Waals surface area contributed by atoms with E-state index < -0.39 is 29.3 Å². The van der Waals surface area contributed by atoms with Gasteiger partial charge in [0.15, 0.2) is 17.5 Å². The van der Waals surface area contributed by atoms with Crippen molar-refractivity contribution in [1.29, 1.82) is 0 Å². The van der Waals surface area contributed by atoms with Crippen LogP contribution in [0.15, 0.2) is 30.3 Å². The SMILES string of the molecule is CC(Nc1ccc(F)c(F)c1F)c1ccc(F)cc1O. The average molecular weight is 285 g/mol. The van der Waals surface area contributed by atoms with Crippen LogP contribution in [0.4, 0.5) is 23.2 Å². The number of aromatic hydroxyl groups is 1. The van der Waals surface area contributed by atoms with E-state index in [-0.39, 0.29) is 11.4 Å². The van der Waals surface area contributed by atoms with Crippen LogP contribution in [0.2, 0.25) is 0 Å². The first kappa shape index (κ1) is 14.2. The van der Waals surface area contributed by atoms with E-state index >= 15 is 0 Å². The summed E-state index contributed by atoms with van der Waals surface area (Å²) in [5.41, 5.74) is 0.0515. The molecule has 0 aliphatic heterocycles. The lowest BCUT2D eigenvalue weighted by Gasteiger charge is -2.17. The summed E-state index contributed by atoms with van der Waals surface area (Å²) in [6, 6.07) is 4.57. The van der Waals surface area contributed by atoms with Crippen LogP contribution in [0.5, 0.6) is 5.75 Å². The van der Waals surface area contributed by atoms with E-state index in [1.54, 1.807) is 6.92 Å². The van der Waals surface area contributed by atoms with Gasteiger partial charge in [-0.15, -0.1) is 0 Å². The summed E-state index contributed by atoms with van der Waals surface area (Å²) < 4.78 is 52.3. The molecule has 106 valence electrons. The Morgan fingerprint density at radius 2 is 1.70 bits per heavy atom. The average Bonchev–Trinajstić information content (AvgIpc) is 2.39. The smallest absolute Gasteiger partial charge is 0.196 e. The molecular weight excluding hydrogens is 274 g/mol. The number of hydrogen-bond acceptors (Lipinski definition) is 2. The second-order valence-electron chi connectivity index (χ2n) is 4.29. The lowest BCUT2D eigenvalue weighted by molar-refractivity contribution is 0.447. The normalized spacial score (nSPS) is 12.2. The summed E-state index contributed by atoms with van der Waals surface area (Å²) in [6.07, 6.45) is 0. The quantitative estimate of drug-likeness (QED) is 0.656. The lowest BCUT2D eigenvalue weighted by Crippen LogP contribution is -2.09. The van der Waals surface area contributed by atoms with Crippen LogP contribution < -0.4 is 5.32 Å². The van der Waals surface area contributed by atoms with Gasteiger partial charge in [-0.25, -0.2) is 17.6 Å². The first-order chi connectivity index (χ1) is 9.40. The highest BCUT2D eigenvalue weighted by molar-refractivity contribution is 5.49. The molecule has 0 saturated heterocycles.